The van der Waals surface area contributed by atoms with Crippen LogP contribution >= 0.6 is 46.4 Å². The topological polar surface area (TPSA) is 163 Å². The quantitative estimate of drug-likeness (QED) is 0.0931. The Morgan fingerprint density at radius 1 is 0.603 bits per heavy atom. The van der Waals surface area contributed by atoms with Gasteiger partial charge in [0, 0.05) is 63.5 Å². The molecule has 5 N–H and O–H groups in total. The zero-order valence-corrected chi connectivity index (χ0v) is 38.2. The van der Waals surface area contributed by atoms with Crippen molar-refractivity contribution in [2.45, 2.75) is 27.4 Å². The second-order valence-corrected chi connectivity index (χ2v) is 16.5. The summed E-state index contributed by atoms with van der Waals surface area (Å²) < 4.78 is 5.30. The van der Waals surface area contributed by atoms with Gasteiger partial charge in [0.1, 0.15) is 5.69 Å². The third-order valence-corrected chi connectivity index (χ3v) is 12.6. The van der Waals surface area contributed by atoms with E-state index in [1.54, 1.807) is 25.1 Å². The number of hydrogen-bond donors (Lipinski definition) is 3. The SMILES string of the molecule is CCOC(=O)c1nc(-c2cccc(Cl)c2Cl)c(C)nc1N1CCN(c2ccccc2N)CC1.Cc1nc(N2CCN(c3ccccc3N)CC2)c(CO)nc1-c1cccc(Cl)c1Cl. The van der Waals surface area contributed by atoms with E-state index < -0.39 is 5.97 Å². The van der Waals surface area contributed by atoms with Crippen molar-refractivity contribution in [2.24, 2.45) is 0 Å². The lowest BCUT2D eigenvalue weighted by Gasteiger charge is -2.37. The Morgan fingerprint density at radius 3 is 1.49 bits per heavy atom. The molecule has 2 saturated heterocycles. The van der Waals surface area contributed by atoms with E-state index in [9.17, 15) is 9.90 Å². The fourth-order valence-corrected chi connectivity index (χ4v) is 8.50. The first kappa shape index (κ1) is 45.5. The first-order valence-corrected chi connectivity index (χ1v) is 22.0. The average molecular weight is 931 g/mol. The van der Waals surface area contributed by atoms with Crippen LogP contribution in [-0.2, 0) is 11.3 Å². The zero-order valence-electron chi connectivity index (χ0n) is 35.2. The van der Waals surface area contributed by atoms with E-state index in [1.165, 1.54) is 0 Å². The molecule has 2 aliphatic heterocycles. The number of aliphatic hydroxyl groups is 1. The number of carbonyl (C=O) groups is 1. The van der Waals surface area contributed by atoms with E-state index in [4.69, 9.17) is 77.6 Å². The minimum atomic E-state index is -0.519. The summed E-state index contributed by atoms with van der Waals surface area (Å²) in [5, 5.41) is 11.7. The number of nitrogen functional groups attached to an aromatic ring is 2. The number of aryl methyl sites for hydroxylation is 2. The molecule has 0 atom stereocenters. The van der Waals surface area contributed by atoms with Crippen molar-refractivity contribution < 1.29 is 14.6 Å². The normalized spacial score (nSPS) is 14.0. The number of anilines is 6. The highest BCUT2D eigenvalue weighted by atomic mass is 35.5. The van der Waals surface area contributed by atoms with Crippen molar-refractivity contribution in [3.05, 3.63) is 128 Å². The maximum atomic E-state index is 12.8. The van der Waals surface area contributed by atoms with Crippen molar-refractivity contribution in [1.29, 1.82) is 0 Å². The van der Waals surface area contributed by atoms with E-state index in [0.717, 1.165) is 67.7 Å². The molecular weight excluding hydrogens is 882 g/mol. The molecular formula is C46H48Cl4N10O3. The van der Waals surface area contributed by atoms with Crippen LogP contribution in [0.2, 0.25) is 20.1 Å². The Morgan fingerprint density at radius 2 is 1.03 bits per heavy atom. The maximum absolute atomic E-state index is 12.8. The first-order valence-electron chi connectivity index (χ1n) is 20.5. The number of benzene rings is 4. The van der Waals surface area contributed by atoms with Gasteiger partial charge >= 0.3 is 5.97 Å². The zero-order chi connectivity index (χ0) is 44.8. The van der Waals surface area contributed by atoms with Crippen molar-refractivity contribution in [3.63, 3.8) is 0 Å². The summed E-state index contributed by atoms with van der Waals surface area (Å²) in [4.78, 5) is 40.5. The number of hydrogen-bond acceptors (Lipinski definition) is 13. The molecule has 4 aromatic carbocycles. The van der Waals surface area contributed by atoms with Crippen LogP contribution in [0.1, 0.15) is 34.5 Å². The molecule has 0 aliphatic carbocycles. The van der Waals surface area contributed by atoms with Crippen LogP contribution in [0.3, 0.4) is 0 Å². The number of carbonyl (C=O) groups excluding carboxylic acids is 1. The highest BCUT2D eigenvalue weighted by Gasteiger charge is 2.29. The van der Waals surface area contributed by atoms with Gasteiger partial charge in [0.2, 0.25) is 0 Å². The smallest absolute Gasteiger partial charge is 0.360 e. The number of piperazine rings is 2. The van der Waals surface area contributed by atoms with Gasteiger partial charge in [-0.15, -0.1) is 0 Å². The van der Waals surface area contributed by atoms with E-state index in [1.807, 2.05) is 80.6 Å². The van der Waals surface area contributed by atoms with E-state index in [0.29, 0.717) is 78.7 Å². The molecule has 0 radical (unpaired) electrons. The summed E-state index contributed by atoms with van der Waals surface area (Å²) in [5.41, 5.74) is 20.4. The minimum absolute atomic E-state index is 0.168. The number of nitrogens with two attached hydrogens (primary N) is 2. The molecule has 0 saturated carbocycles. The number of para-hydroxylation sites is 4. The fourth-order valence-electron chi connectivity index (χ4n) is 7.72. The fraction of sp³-hybridized carbons (Fsp3) is 0.283. The molecule has 17 heteroatoms. The molecule has 4 heterocycles. The summed E-state index contributed by atoms with van der Waals surface area (Å²) in [7, 11) is 0. The largest absolute Gasteiger partial charge is 0.461 e. The summed E-state index contributed by atoms with van der Waals surface area (Å²) in [5.74, 6) is 0.695. The van der Waals surface area contributed by atoms with Crippen molar-refractivity contribution in [2.75, 3.05) is 90.0 Å². The Kier molecular flexibility index (Phi) is 14.6. The molecule has 0 bridgehead atoms. The van der Waals surface area contributed by atoms with Crippen LogP contribution in [0.15, 0.2) is 84.9 Å². The highest BCUT2D eigenvalue weighted by Crippen LogP contribution is 2.37. The number of aromatic nitrogens is 4. The Hall–Kier alpha value is -5.57. The summed E-state index contributed by atoms with van der Waals surface area (Å²) in [6, 6.07) is 26.4. The Bertz CT molecular complexity index is 2600. The van der Waals surface area contributed by atoms with Gasteiger partial charge in [-0.05, 0) is 57.2 Å². The standard InChI is InChI=1S/C24H25Cl2N5O2.C22H23Cl2N5O/c1-3-33-24(32)22-23(28-15(2)21(29-22)16-7-6-8-17(25)20(16)26)31-13-11-30(12-14-31)19-10-5-4-9-18(19)27;1-14-21(15-5-4-6-16(23)20(15)24)27-18(13-30)22(26-14)29-11-9-28(10-12-29)19-8-3-2-7-17(19)25/h4-10H,3,11-14,27H2,1-2H3;2-8,30H,9-13,25H2,1H3. The highest BCUT2D eigenvalue weighted by molar-refractivity contribution is 6.44. The van der Waals surface area contributed by atoms with Gasteiger partial charge in [0.25, 0.3) is 0 Å². The van der Waals surface area contributed by atoms with Crippen molar-refractivity contribution in [1.82, 2.24) is 19.9 Å². The number of aliphatic hydroxyl groups excluding tert-OH is 1. The summed E-state index contributed by atoms with van der Waals surface area (Å²) >= 11 is 25.2. The molecule has 0 unspecified atom stereocenters. The predicted molar refractivity (Wildman–Crippen MR) is 257 cm³/mol. The molecule has 63 heavy (non-hydrogen) atoms. The van der Waals surface area contributed by atoms with Crippen molar-refractivity contribution in [3.8, 4) is 22.5 Å². The second-order valence-electron chi connectivity index (χ2n) is 14.9. The minimum Gasteiger partial charge on any atom is -0.461 e. The van der Waals surface area contributed by atoms with Gasteiger partial charge in [-0.1, -0.05) is 94.9 Å². The third kappa shape index (κ3) is 9.98. The number of halogens is 4. The molecule has 13 nitrogen and oxygen atoms in total. The van der Waals surface area contributed by atoms with E-state index in [-0.39, 0.29) is 18.9 Å². The lowest BCUT2D eigenvalue weighted by molar-refractivity contribution is 0.0520. The molecule has 2 aliphatic rings. The van der Waals surface area contributed by atoms with Gasteiger partial charge in [0.05, 0.1) is 78.8 Å². The van der Waals surface area contributed by atoms with Crippen LogP contribution < -0.4 is 31.1 Å². The van der Waals surface area contributed by atoms with Crippen LogP contribution in [0.25, 0.3) is 22.5 Å². The number of rotatable bonds is 9. The van der Waals surface area contributed by atoms with Crippen LogP contribution in [0.5, 0.6) is 0 Å². The molecule has 0 amide bonds. The van der Waals surface area contributed by atoms with Crippen molar-refractivity contribution >= 4 is 86.8 Å². The lowest BCUT2D eigenvalue weighted by atomic mass is 10.1. The summed E-state index contributed by atoms with van der Waals surface area (Å²) in [6.07, 6.45) is 0. The van der Waals surface area contributed by atoms with Gasteiger partial charge in [-0.2, -0.15) is 0 Å². The predicted octanol–water partition coefficient (Wildman–Crippen LogP) is 9.00. The van der Waals surface area contributed by atoms with Crippen LogP contribution in [0.4, 0.5) is 34.4 Å². The van der Waals surface area contributed by atoms with Crippen LogP contribution in [0, 0.1) is 13.8 Å². The molecule has 8 rings (SSSR count). The molecule has 2 aromatic heterocycles. The maximum Gasteiger partial charge on any atom is 0.360 e. The number of esters is 1. The molecule has 328 valence electrons. The average Bonchev–Trinajstić information content (AvgIpc) is 3.29. The monoisotopic (exact) mass is 928 g/mol. The van der Waals surface area contributed by atoms with Gasteiger partial charge < -0.3 is 40.9 Å². The number of nitrogens with zero attached hydrogens (tertiary/aromatic N) is 8. The molecule has 6 aromatic rings. The first-order chi connectivity index (χ1) is 30.4. The lowest BCUT2D eigenvalue weighted by Crippen LogP contribution is -2.47. The Labute approximate surface area is 387 Å². The van der Waals surface area contributed by atoms with E-state index >= 15 is 0 Å². The van der Waals surface area contributed by atoms with Gasteiger partial charge in [-0.25, -0.2) is 24.7 Å². The Balaban J connectivity index is 0.000000190. The van der Waals surface area contributed by atoms with Crippen LogP contribution in [-0.4, -0.2) is 90.0 Å². The summed E-state index contributed by atoms with van der Waals surface area (Å²) in [6.45, 7) is 11.4. The van der Waals surface area contributed by atoms with Gasteiger partial charge in [-0.3, -0.25) is 0 Å². The molecule has 0 spiro atoms. The van der Waals surface area contributed by atoms with E-state index in [2.05, 4.69) is 24.6 Å². The second kappa shape index (κ2) is 20.3. The molecule has 2 fully saturated rings. The number of ether oxygens (including phenoxy) is 1. The van der Waals surface area contributed by atoms with Gasteiger partial charge in [0.15, 0.2) is 17.3 Å². The third-order valence-electron chi connectivity index (χ3n) is 10.9.